The summed E-state index contributed by atoms with van der Waals surface area (Å²) < 4.78 is 0. The number of carbonyl (C=O) groups excluding carboxylic acids is 1. The molecule has 0 bridgehead atoms. The summed E-state index contributed by atoms with van der Waals surface area (Å²) in [6, 6.07) is 0. The van der Waals surface area contributed by atoms with Crippen molar-refractivity contribution < 1.29 is 9.90 Å². The predicted octanol–water partition coefficient (Wildman–Crippen LogP) is 3.03. The molecule has 0 heterocycles. The molecule has 0 saturated carbocycles. The summed E-state index contributed by atoms with van der Waals surface area (Å²) in [7, 11) is 0. The molecule has 0 aliphatic rings. The molecule has 0 aromatic carbocycles. The lowest BCUT2D eigenvalue weighted by Gasteiger charge is -2.45. The molecule has 0 rings (SSSR count). The Kier molecular flexibility index (Phi) is 3.80. The molecule has 0 amide bonds. The number of aliphatic hydroxyl groups is 1. The fraction of sp³-hybridized carbons (Fsp3) is 0.923. The van der Waals surface area contributed by atoms with Gasteiger partial charge in [-0.3, -0.25) is 4.79 Å². The maximum Gasteiger partial charge on any atom is 0.170 e. The van der Waals surface area contributed by atoms with Crippen molar-refractivity contribution in [2.45, 2.75) is 61.0 Å². The first kappa shape index (κ1) is 14.6. The van der Waals surface area contributed by atoms with Crippen molar-refractivity contribution in [2.75, 3.05) is 0 Å². The van der Waals surface area contributed by atoms with E-state index in [0.29, 0.717) is 0 Å². The van der Waals surface area contributed by atoms with Crippen LogP contribution in [0.1, 0.15) is 55.4 Å². The highest BCUT2D eigenvalue weighted by Gasteiger charge is 2.52. The van der Waals surface area contributed by atoms with E-state index in [-0.39, 0.29) is 11.7 Å². The maximum atomic E-state index is 12.3. The highest BCUT2D eigenvalue weighted by atomic mass is 16.3. The Morgan fingerprint density at radius 2 is 1.33 bits per heavy atom. The van der Waals surface area contributed by atoms with Crippen molar-refractivity contribution in [2.24, 2.45) is 16.7 Å². The smallest absolute Gasteiger partial charge is 0.170 e. The molecule has 0 aliphatic carbocycles. The van der Waals surface area contributed by atoms with Gasteiger partial charge in [-0.05, 0) is 11.3 Å². The molecule has 0 aromatic heterocycles. The van der Waals surface area contributed by atoms with Crippen molar-refractivity contribution in [1.29, 1.82) is 0 Å². The van der Waals surface area contributed by atoms with Gasteiger partial charge < -0.3 is 5.11 Å². The summed E-state index contributed by atoms with van der Waals surface area (Å²) in [6.07, 6.45) is 0. The van der Waals surface area contributed by atoms with Crippen LogP contribution < -0.4 is 0 Å². The van der Waals surface area contributed by atoms with Crippen LogP contribution in [0.2, 0.25) is 0 Å². The molecule has 1 unspecified atom stereocenters. The lowest BCUT2D eigenvalue weighted by Crippen LogP contribution is -2.57. The number of Topliss-reactive ketones (excluding diaryl/α,β-unsaturated/α-hetero) is 1. The van der Waals surface area contributed by atoms with Crippen LogP contribution in [0, 0.1) is 16.7 Å². The summed E-state index contributed by atoms with van der Waals surface area (Å²) in [5.74, 6) is -0.151. The molecule has 0 saturated heterocycles. The van der Waals surface area contributed by atoms with Crippen LogP contribution in [0.5, 0.6) is 0 Å². The lowest BCUT2D eigenvalue weighted by molar-refractivity contribution is -0.166. The zero-order valence-electron chi connectivity index (χ0n) is 11.4. The first-order valence-electron chi connectivity index (χ1n) is 5.62. The van der Waals surface area contributed by atoms with Gasteiger partial charge in [-0.2, -0.15) is 0 Å². The van der Waals surface area contributed by atoms with E-state index in [1.165, 1.54) is 0 Å². The second-order valence-electron chi connectivity index (χ2n) is 6.75. The van der Waals surface area contributed by atoms with Gasteiger partial charge in [-0.15, -0.1) is 0 Å². The third kappa shape index (κ3) is 2.60. The second kappa shape index (κ2) is 3.89. The minimum atomic E-state index is -1.26. The number of hydrogen-bond acceptors (Lipinski definition) is 2. The molecular formula is C13H26O2. The lowest BCUT2D eigenvalue weighted by atomic mass is 9.62. The van der Waals surface area contributed by atoms with E-state index in [4.69, 9.17) is 0 Å². The Morgan fingerprint density at radius 3 is 1.40 bits per heavy atom. The maximum absolute atomic E-state index is 12.3. The molecule has 0 spiro atoms. The fourth-order valence-electron chi connectivity index (χ4n) is 2.04. The molecule has 0 aromatic rings. The van der Waals surface area contributed by atoms with Crippen LogP contribution in [-0.4, -0.2) is 16.5 Å². The number of hydrogen-bond donors (Lipinski definition) is 1. The van der Waals surface area contributed by atoms with Crippen molar-refractivity contribution in [3.8, 4) is 0 Å². The van der Waals surface area contributed by atoms with Crippen LogP contribution >= 0.6 is 0 Å². The van der Waals surface area contributed by atoms with Gasteiger partial charge in [0.05, 0.1) is 0 Å². The largest absolute Gasteiger partial charge is 0.381 e. The molecule has 0 radical (unpaired) electrons. The molecule has 90 valence electrons. The van der Waals surface area contributed by atoms with Gasteiger partial charge in [0.25, 0.3) is 0 Å². The summed E-state index contributed by atoms with van der Waals surface area (Å²) >= 11 is 0. The molecule has 1 N–H and O–H groups in total. The average Bonchev–Trinajstić information content (AvgIpc) is 1.97. The van der Waals surface area contributed by atoms with Crippen molar-refractivity contribution in [3.05, 3.63) is 0 Å². The second-order valence-corrected chi connectivity index (χ2v) is 6.75. The fourth-order valence-corrected chi connectivity index (χ4v) is 2.04. The summed E-state index contributed by atoms with van der Waals surface area (Å²) in [6.45, 7) is 15.1. The molecule has 2 nitrogen and oxygen atoms in total. The first-order chi connectivity index (χ1) is 6.35. The monoisotopic (exact) mass is 214 g/mol. The molecule has 0 aliphatic heterocycles. The molecular weight excluding hydrogens is 188 g/mol. The van der Waals surface area contributed by atoms with E-state index in [0.717, 1.165) is 0 Å². The van der Waals surface area contributed by atoms with Crippen LogP contribution in [0.4, 0.5) is 0 Å². The standard InChI is InChI=1S/C13H26O2/c1-9(2)13(15,12(6,7)8)10(14)11(3,4)5/h9,15H,1-8H3. The van der Waals surface area contributed by atoms with E-state index in [1.807, 2.05) is 55.4 Å². The van der Waals surface area contributed by atoms with Crippen molar-refractivity contribution >= 4 is 5.78 Å². The van der Waals surface area contributed by atoms with Gasteiger partial charge in [0, 0.05) is 5.41 Å². The van der Waals surface area contributed by atoms with Gasteiger partial charge in [0.2, 0.25) is 0 Å². The highest BCUT2D eigenvalue weighted by Crippen LogP contribution is 2.41. The Morgan fingerprint density at radius 1 is 1.00 bits per heavy atom. The van der Waals surface area contributed by atoms with E-state index in [1.54, 1.807) is 0 Å². The van der Waals surface area contributed by atoms with Gasteiger partial charge in [0.1, 0.15) is 5.60 Å². The SMILES string of the molecule is CC(C)C(O)(C(=O)C(C)(C)C)C(C)(C)C. The van der Waals surface area contributed by atoms with E-state index >= 15 is 0 Å². The Labute approximate surface area is 94.1 Å². The number of rotatable bonds is 2. The number of carbonyl (C=O) groups is 1. The average molecular weight is 214 g/mol. The molecule has 2 heteroatoms. The third-order valence-corrected chi connectivity index (χ3v) is 3.01. The third-order valence-electron chi connectivity index (χ3n) is 3.01. The Hall–Kier alpha value is -0.370. The molecule has 1 atom stereocenters. The highest BCUT2D eigenvalue weighted by molar-refractivity contribution is 5.92. The summed E-state index contributed by atoms with van der Waals surface area (Å²) in [4.78, 5) is 12.3. The van der Waals surface area contributed by atoms with E-state index in [2.05, 4.69) is 0 Å². The minimum absolute atomic E-state index is 0.0718. The minimum Gasteiger partial charge on any atom is -0.381 e. The first-order valence-corrected chi connectivity index (χ1v) is 5.62. The predicted molar refractivity (Wildman–Crippen MR) is 63.7 cm³/mol. The van der Waals surface area contributed by atoms with Crippen LogP contribution in [0.3, 0.4) is 0 Å². The van der Waals surface area contributed by atoms with Crippen molar-refractivity contribution in [1.82, 2.24) is 0 Å². The molecule has 15 heavy (non-hydrogen) atoms. The molecule has 0 fully saturated rings. The van der Waals surface area contributed by atoms with E-state index in [9.17, 15) is 9.90 Å². The van der Waals surface area contributed by atoms with Gasteiger partial charge >= 0.3 is 0 Å². The summed E-state index contributed by atoms with van der Waals surface area (Å²) in [5, 5.41) is 10.7. The normalized spacial score (nSPS) is 17.7. The Bertz CT molecular complexity index is 240. The zero-order chi connectivity index (χ0) is 12.7. The van der Waals surface area contributed by atoms with Crippen LogP contribution in [0.25, 0.3) is 0 Å². The number of ketones is 1. The Balaban J connectivity index is 5.44. The van der Waals surface area contributed by atoms with Crippen molar-refractivity contribution in [3.63, 3.8) is 0 Å². The topological polar surface area (TPSA) is 37.3 Å². The quantitative estimate of drug-likeness (QED) is 0.767. The van der Waals surface area contributed by atoms with Crippen LogP contribution in [0.15, 0.2) is 0 Å². The van der Waals surface area contributed by atoms with Crippen LogP contribution in [-0.2, 0) is 4.79 Å². The van der Waals surface area contributed by atoms with E-state index < -0.39 is 16.4 Å². The van der Waals surface area contributed by atoms with Gasteiger partial charge in [-0.25, -0.2) is 0 Å². The van der Waals surface area contributed by atoms with Gasteiger partial charge in [-0.1, -0.05) is 55.4 Å². The van der Waals surface area contributed by atoms with Gasteiger partial charge in [0.15, 0.2) is 5.78 Å². The zero-order valence-corrected chi connectivity index (χ0v) is 11.4. The summed E-state index contributed by atoms with van der Waals surface area (Å²) in [5.41, 5.74) is -2.21.